The molecule has 0 saturated heterocycles. The van der Waals surface area contributed by atoms with Crippen molar-refractivity contribution in [2.75, 3.05) is 18.1 Å². The van der Waals surface area contributed by atoms with Gasteiger partial charge in [0.05, 0.1) is 17.9 Å². The molecule has 0 fully saturated rings. The molecule has 0 aliphatic carbocycles. The third-order valence-corrected chi connectivity index (χ3v) is 5.23. The summed E-state index contributed by atoms with van der Waals surface area (Å²) < 4.78 is 10.5. The SMILES string of the molecule is CCOC(=O)c1ccc(N2C(=O)/C(=C\c3ccccc3OCC#N)c3ccccc3C2=O)cc1. The lowest BCUT2D eigenvalue weighted by molar-refractivity contribution is -0.112. The smallest absolute Gasteiger partial charge is 0.338 e. The van der Waals surface area contributed by atoms with Gasteiger partial charge in [-0.25, -0.2) is 9.69 Å². The maximum absolute atomic E-state index is 13.6. The van der Waals surface area contributed by atoms with Gasteiger partial charge < -0.3 is 9.47 Å². The first-order chi connectivity index (χ1) is 16.5. The number of anilines is 1. The fraction of sp³-hybridized carbons (Fsp3) is 0.111. The maximum atomic E-state index is 13.6. The molecule has 0 spiro atoms. The molecule has 1 heterocycles. The first kappa shape index (κ1) is 22.5. The normalized spacial score (nSPS) is 13.9. The Morgan fingerprint density at radius 1 is 0.941 bits per heavy atom. The Balaban J connectivity index is 1.79. The minimum atomic E-state index is -0.511. The third-order valence-electron chi connectivity index (χ3n) is 5.23. The van der Waals surface area contributed by atoms with Crippen molar-refractivity contribution in [3.8, 4) is 11.8 Å². The van der Waals surface area contributed by atoms with E-state index in [0.717, 1.165) is 4.90 Å². The summed E-state index contributed by atoms with van der Waals surface area (Å²) in [5.41, 5.74) is 2.44. The van der Waals surface area contributed by atoms with Crippen molar-refractivity contribution in [3.05, 3.63) is 95.1 Å². The molecule has 2 amide bonds. The van der Waals surface area contributed by atoms with Crippen LogP contribution in [0, 0.1) is 11.3 Å². The second-order valence-corrected chi connectivity index (χ2v) is 7.30. The number of hydrogen-bond acceptors (Lipinski definition) is 6. The molecule has 0 saturated carbocycles. The molecule has 0 radical (unpaired) electrons. The predicted molar refractivity (Wildman–Crippen MR) is 126 cm³/mol. The van der Waals surface area contributed by atoms with Crippen molar-refractivity contribution >= 4 is 35.1 Å². The van der Waals surface area contributed by atoms with E-state index in [1.165, 1.54) is 24.3 Å². The minimum Gasteiger partial charge on any atom is -0.478 e. The highest BCUT2D eigenvalue weighted by atomic mass is 16.5. The van der Waals surface area contributed by atoms with Crippen molar-refractivity contribution in [3.63, 3.8) is 0 Å². The van der Waals surface area contributed by atoms with Crippen LogP contribution >= 0.6 is 0 Å². The van der Waals surface area contributed by atoms with Crippen LogP contribution in [0.25, 0.3) is 11.6 Å². The molecule has 4 rings (SSSR count). The first-order valence-electron chi connectivity index (χ1n) is 10.6. The van der Waals surface area contributed by atoms with Gasteiger partial charge in [-0.05, 0) is 55.0 Å². The third kappa shape index (κ3) is 4.30. The van der Waals surface area contributed by atoms with E-state index in [1.54, 1.807) is 61.5 Å². The number of esters is 1. The molecule has 0 N–H and O–H groups in total. The summed E-state index contributed by atoms with van der Waals surface area (Å²) in [6, 6.07) is 22.0. The maximum Gasteiger partial charge on any atom is 0.338 e. The largest absolute Gasteiger partial charge is 0.478 e. The van der Waals surface area contributed by atoms with E-state index in [9.17, 15) is 14.4 Å². The second kappa shape index (κ2) is 9.84. The Morgan fingerprint density at radius 2 is 1.62 bits per heavy atom. The van der Waals surface area contributed by atoms with Gasteiger partial charge in [0.2, 0.25) is 0 Å². The summed E-state index contributed by atoms with van der Waals surface area (Å²) in [4.78, 5) is 39.9. The van der Waals surface area contributed by atoms with Crippen LogP contribution in [0.1, 0.15) is 38.8 Å². The lowest BCUT2D eigenvalue weighted by atomic mass is 9.91. The van der Waals surface area contributed by atoms with E-state index in [2.05, 4.69) is 0 Å². The number of imide groups is 1. The van der Waals surface area contributed by atoms with Crippen LogP contribution in [0.15, 0.2) is 72.8 Å². The van der Waals surface area contributed by atoms with Crippen LogP contribution in [-0.2, 0) is 9.53 Å². The summed E-state index contributed by atoms with van der Waals surface area (Å²) in [5, 5.41) is 8.87. The monoisotopic (exact) mass is 452 g/mol. The van der Waals surface area contributed by atoms with Crippen LogP contribution in [0.5, 0.6) is 5.75 Å². The quantitative estimate of drug-likeness (QED) is 0.311. The highest BCUT2D eigenvalue weighted by Crippen LogP contribution is 2.34. The number of fused-ring (bicyclic) bond motifs is 1. The number of nitrogens with zero attached hydrogens (tertiary/aromatic N) is 2. The van der Waals surface area contributed by atoms with Crippen molar-refractivity contribution in [2.24, 2.45) is 0 Å². The standard InChI is InChI=1S/C27H20N2O5/c1-2-33-27(32)18-11-13-20(14-12-18)29-25(30)22-9-5-4-8-21(22)23(26(29)31)17-19-7-3-6-10-24(19)34-16-15-28/h3-14,17H,2,16H2,1H3/b23-17-. The summed E-state index contributed by atoms with van der Waals surface area (Å²) >= 11 is 0. The lowest BCUT2D eigenvalue weighted by Crippen LogP contribution is -2.41. The van der Waals surface area contributed by atoms with Crippen LogP contribution < -0.4 is 9.64 Å². The van der Waals surface area contributed by atoms with E-state index in [-0.39, 0.29) is 13.2 Å². The Morgan fingerprint density at radius 3 is 2.32 bits per heavy atom. The summed E-state index contributed by atoms with van der Waals surface area (Å²) in [6.07, 6.45) is 1.65. The number of para-hydroxylation sites is 1. The molecule has 0 aromatic heterocycles. The number of carbonyl (C=O) groups is 3. The van der Waals surface area contributed by atoms with Gasteiger partial charge in [-0.1, -0.05) is 36.4 Å². The van der Waals surface area contributed by atoms with Gasteiger partial charge in [0, 0.05) is 16.7 Å². The number of rotatable bonds is 6. The number of ether oxygens (including phenoxy) is 2. The predicted octanol–water partition coefficient (Wildman–Crippen LogP) is 4.49. The summed E-state index contributed by atoms with van der Waals surface area (Å²) in [6.45, 7) is 1.82. The van der Waals surface area contributed by atoms with Crippen LogP contribution in [0.4, 0.5) is 5.69 Å². The Bertz CT molecular complexity index is 1340. The zero-order chi connectivity index (χ0) is 24.1. The van der Waals surface area contributed by atoms with Crippen LogP contribution in [-0.4, -0.2) is 31.0 Å². The number of hydrogen-bond donors (Lipinski definition) is 0. The molecule has 3 aromatic carbocycles. The molecular weight excluding hydrogens is 432 g/mol. The Labute approximate surface area is 196 Å². The van der Waals surface area contributed by atoms with E-state index in [1.807, 2.05) is 6.07 Å². The Hall–Kier alpha value is -4.70. The molecule has 7 nitrogen and oxygen atoms in total. The van der Waals surface area contributed by atoms with Crippen molar-refractivity contribution in [2.45, 2.75) is 6.92 Å². The topological polar surface area (TPSA) is 96.7 Å². The zero-order valence-electron chi connectivity index (χ0n) is 18.4. The molecule has 7 heteroatoms. The number of amides is 2. The van der Waals surface area contributed by atoms with Gasteiger partial charge in [0.15, 0.2) is 6.61 Å². The fourth-order valence-electron chi connectivity index (χ4n) is 3.68. The summed E-state index contributed by atoms with van der Waals surface area (Å²) in [7, 11) is 0. The molecular formula is C27H20N2O5. The lowest BCUT2D eigenvalue weighted by Gasteiger charge is -2.29. The molecule has 0 atom stereocenters. The van der Waals surface area contributed by atoms with E-state index >= 15 is 0 Å². The van der Waals surface area contributed by atoms with E-state index in [0.29, 0.717) is 39.3 Å². The highest BCUT2D eigenvalue weighted by molar-refractivity contribution is 6.43. The molecule has 0 bridgehead atoms. The molecule has 168 valence electrons. The first-order valence-corrected chi connectivity index (χ1v) is 10.6. The average molecular weight is 452 g/mol. The second-order valence-electron chi connectivity index (χ2n) is 7.30. The van der Waals surface area contributed by atoms with Crippen LogP contribution in [0.3, 0.4) is 0 Å². The van der Waals surface area contributed by atoms with E-state index < -0.39 is 17.8 Å². The van der Waals surface area contributed by atoms with Crippen molar-refractivity contribution in [1.29, 1.82) is 5.26 Å². The van der Waals surface area contributed by atoms with Crippen LogP contribution in [0.2, 0.25) is 0 Å². The molecule has 3 aromatic rings. The molecule has 1 aliphatic heterocycles. The number of carbonyl (C=O) groups excluding carboxylic acids is 3. The van der Waals surface area contributed by atoms with Gasteiger partial charge in [-0.15, -0.1) is 0 Å². The Kier molecular flexibility index (Phi) is 6.51. The van der Waals surface area contributed by atoms with Gasteiger partial charge in [-0.2, -0.15) is 5.26 Å². The average Bonchev–Trinajstić information content (AvgIpc) is 2.86. The highest BCUT2D eigenvalue weighted by Gasteiger charge is 2.36. The van der Waals surface area contributed by atoms with Crippen molar-refractivity contribution < 1.29 is 23.9 Å². The molecule has 34 heavy (non-hydrogen) atoms. The fourth-order valence-corrected chi connectivity index (χ4v) is 3.68. The zero-order valence-corrected chi connectivity index (χ0v) is 18.4. The summed E-state index contributed by atoms with van der Waals surface area (Å²) in [5.74, 6) is -1.01. The van der Waals surface area contributed by atoms with Gasteiger partial charge in [0.1, 0.15) is 11.8 Å². The number of nitriles is 1. The number of benzene rings is 3. The van der Waals surface area contributed by atoms with Gasteiger partial charge >= 0.3 is 5.97 Å². The van der Waals surface area contributed by atoms with Crippen molar-refractivity contribution in [1.82, 2.24) is 0 Å². The molecule has 1 aliphatic rings. The van der Waals surface area contributed by atoms with Gasteiger partial charge in [-0.3, -0.25) is 9.59 Å². The van der Waals surface area contributed by atoms with E-state index in [4.69, 9.17) is 14.7 Å². The molecule has 0 unspecified atom stereocenters. The van der Waals surface area contributed by atoms with Gasteiger partial charge in [0.25, 0.3) is 11.8 Å². The minimum absolute atomic E-state index is 0.137.